The van der Waals surface area contributed by atoms with E-state index in [-0.39, 0.29) is 15.2 Å². The van der Waals surface area contributed by atoms with Gasteiger partial charge in [0.05, 0.1) is 0 Å². The first-order valence-electron chi connectivity index (χ1n) is 2.51. The molecule has 0 saturated carbocycles. The van der Waals surface area contributed by atoms with E-state index in [9.17, 15) is 20.8 Å². The van der Waals surface area contributed by atoms with E-state index in [0.717, 1.165) is 7.05 Å². The van der Waals surface area contributed by atoms with Crippen molar-refractivity contribution in [1.29, 1.82) is 0 Å². The minimum absolute atomic E-state index is 0.199. The smallest absolute Gasteiger partial charge is 0.161 e. The molecule has 0 aliphatic carbocycles. The average Bonchev–Trinajstić information content (AvgIpc) is 1.83. The Balaban J connectivity index is 2.35. The van der Waals surface area contributed by atoms with Crippen LogP contribution in [0.5, 0.6) is 0 Å². The standard InChI is InChI=1S/CH3N4O6P/c1-2(6)10-3(7)12-4(8)11-5(12)9/h1H3/q-4. The Morgan fingerprint density at radius 2 is 1.83 bits per heavy atom. The molecule has 0 unspecified atom stereocenters. The van der Waals surface area contributed by atoms with E-state index < -0.39 is 13.4 Å². The summed E-state index contributed by atoms with van der Waals surface area (Å²) in [7, 11) is -1.59. The molecule has 0 aromatic heterocycles. The van der Waals surface area contributed by atoms with Gasteiger partial charge in [0.2, 0.25) is 0 Å². The van der Waals surface area contributed by atoms with Gasteiger partial charge in [-0.2, -0.15) is 15.0 Å². The van der Waals surface area contributed by atoms with Crippen molar-refractivity contribution < 1.29 is 9.88 Å². The van der Waals surface area contributed by atoms with Crippen LogP contribution in [0, 0.1) is 20.8 Å². The molecule has 72 valence electrons. The molecule has 1 saturated heterocycles. The molecule has 1 aliphatic heterocycles. The Morgan fingerprint density at radius 3 is 2.17 bits per heavy atom. The summed E-state index contributed by atoms with van der Waals surface area (Å²) in [5.74, 6) is 0. The van der Waals surface area contributed by atoms with Gasteiger partial charge in [0.15, 0.2) is 8.37 Å². The van der Waals surface area contributed by atoms with Crippen LogP contribution in [0.1, 0.15) is 0 Å². The van der Waals surface area contributed by atoms with Crippen molar-refractivity contribution in [2.75, 3.05) is 7.05 Å². The molecule has 0 radical (unpaired) electrons. The quantitative estimate of drug-likeness (QED) is 0.442. The fourth-order valence-corrected chi connectivity index (χ4v) is 1.10. The predicted molar refractivity (Wildman–Crippen MR) is 35.8 cm³/mol. The Kier molecular flexibility index (Phi) is 3.22. The first-order chi connectivity index (χ1) is 5.52. The normalized spacial score (nSPS) is 22.2. The Morgan fingerprint density at radius 1 is 1.33 bits per heavy atom. The van der Waals surface area contributed by atoms with Crippen LogP contribution < -0.4 is 0 Å². The lowest BCUT2D eigenvalue weighted by Crippen LogP contribution is -2.43. The first-order valence-corrected chi connectivity index (χ1v) is 3.71. The molecule has 12 heavy (non-hydrogen) atoms. The van der Waals surface area contributed by atoms with Gasteiger partial charge in [-0.1, -0.05) is 0 Å². The summed E-state index contributed by atoms with van der Waals surface area (Å²) in [6, 6.07) is 0. The molecule has 10 nitrogen and oxygen atoms in total. The zero-order chi connectivity index (χ0) is 9.30. The Bertz CT molecular complexity index is 148. The van der Waals surface area contributed by atoms with Crippen LogP contribution in [0.3, 0.4) is 0 Å². The van der Waals surface area contributed by atoms with Gasteiger partial charge in [-0.25, -0.2) is 15.1 Å². The maximum atomic E-state index is 10.6. The maximum Gasteiger partial charge on any atom is 0.161 e. The topological polar surface area (TPSA) is 124 Å². The third-order valence-electron chi connectivity index (χ3n) is 0.763. The molecule has 0 bridgehead atoms. The molecule has 0 atom stereocenters. The number of hydrogen-bond donors (Lipinski definition) is 0. The summed E-state index contributed by atoms with van der Waals surface area (Å²) in [5.41, 5.74) is 0. The highest BCUT2D eigenvalue weighted by Gasteiger charge is 2.28. The molecule has 1 aliphatic rings. The number of hydrogen-bond acceptors (Lipinski definition) is 10. The van der Waals surface area contributed by atoms with Crippen LogP contribution in [0.25, 0.3) is 0 Å². The molecule has 0 aromatic rings. The largest absolute Gasteiger partial charge is 0.761 e. The molecule has 0 amide bonds. The van der Waals surface area contributed by atoms with Crippen LogP contribution in [-0.2, 0) is 9.88 Å². The first kappa shape index (κ1) is 10.1. The van der Waals surface area contributed by atoms with Crippen molar-refractivity contribution in [1.82, 2.24) is 20.2 Å². The van der Waals surface area contributed by atoms with Gasteiger partial charge in [0.1, 0.15) is 0 Å². The third-order valence-corrected chi connectivity index (χ3v) is 1.86. The molecular formula is CH3N4O6P-4. The van der Waals surface area contributed by atoms with Crippen LogP contribution >= 0.6 is 8.37 Å². The van der Waals surface area contributed by atoms with Crippen molar-refractivity contribution in [2.45, 2.75) is 0 Å². The van der Waals surface area contributed by atoms with Crippen molar-refractivity contribution in [3.05, 3.63) is 20.8 Å². The fourth-order valence-electron chi connectivity index (χ4n) is 0.408. The monoisotopic (exact) mass is 198 g/mol. The van der Waals surface area contributed by atoms with Gasteiger partial charge in [-0.05, 0) is 0 Å². The van der Waals surface area contributed by atoms with Gasteiger partial charge in [-0.15, -0.1) is 0 Å². The molecule has 1 heterocycles. The summed E-state index contributed by atoms with van der Waals surface area (Å²) >= 11 is 0. The van der Waals surface area contributed by atoms with Crippen molar-refractivity contribution in [3.63, 3.8) is 0 Å². The van der Waals surface area contributed by atoms with E-state index in [1.165, 1.54) is 0 Å². The van der Waals surface area contributed by atoms with E-state index in [0.29, 0.717) is 0 Å². The van der Waals surface area contributed by atoms with Crippen molar-refractivity contribution in [3.8, 4) is 0 Å². The molecule has 0 N–H and O–H groups in total. The minimum Gasteiger partial charge on any atom is -0.761 e. The summed E-state index contributed by atoms with van der Waals surface area (Å²) < 4.78 is 0. The summed E-state index contributed by atoms with van der Waals surface area (Å²) in [6.45, 7) is 0. The number of hydroxylamine groups is 2. The summed E-state index contributed by atoms with van der Waals surface area (Å²) in [5, 5.41) is 41.1. The Labute approximate surface area is 67.5 Å². The Hall–Kier alpha value is 0.0300. The SMILES string of the molecule is CN([O-])ON([O-])P1N([O-])ON1[O-]. The maximum absolute atomic E-state index is 10.6. The van der Waals surface area contributed by atoms with Gasteiger partial charge >= 0.3 is 0 Å². The molecule has 11 heteroatoms. The zero-order valence-corrected chi connectivity index (χ0v) is 6.58. The van der Waals surface area contributed by atoms with E-state index in [1.54, 1.807) is 0 Å². The molecular weight excluding hydrogens is 195 g/mol. The van der Waals surface area contributed by atoms with Gasteiger partial charge in [0, 0.05) is 7.05 Å². The van der Waals surface area contributed by atoms with Crippen molar-refractivity contribution in [2.24, 2.45) is 0 Å². The highest BCUT2D eigenvalue weighted by atomic mass is 31.2. The zero-order valence-electron chi connectivity index (χ0n) is 5.69. The van der Waals surface area contributed by atoms with Crippen molar-refractivity contribution >= 4 is 8.37 Å². The highest BCUT2D eigenvalue weighted by Crippen LogP contribution is 2.55. The summed E-state index contributed by atoms with van der Waals surface area (Å²) in [6.07, 6.45) is 0. The number of nitrogens with zero attached hydrogens (tertiary/aromatic N) is 4. The van der Waals surface area contributed by atoms with E-state index >= 15 is 0 Å². The lowest BCUT2D eigenvalue weighted by molar-refractivity contribution is -0.287. The van der Waals surface area contributed by atoms with Crippen LogP contribution in [0.15, 0.2) is 0 Å². The second-order valence-electron chi connectivity index (χ2n) is 1.58. The summed E-state index contributed by atoms with van der Waals surface area (Å²) in [4.78, 5) is 6.59. The van der Waals surface area contributed by atoms with Crippen LogP contribution in [0.2, 0.25) is 0 Å². The molecule has 1 rings (SSSR count). The third kappa shape index (κ3) is 2.04. The van der Waals surface area contributed by atoms with E-state index in [2.05, 4.69) is 9.88 Å². The van der Waals surface area contributed by atoms with Gasteiger partial charge in [-0.3, -0.25) is 0 Å². The molecule has 1 fully saturated rings. The van der Waals surface area contributed by atoms with Crippen LogP contribution in [-0.4, -0.2) is 27.3 Å². The predicted octanol–water partition coefficient (Wildman–Crippen LogP) is -0.251. The molecule has 0 aromatic carbocycles. The lowest BCUT2D eigenvalue weighted by atomic mass is 11.5. The highest BCUT2D eigenvalue weighted by molar-refractivity contribution is 7.50. The van der Waals surface area contributed by atoms with Gasteiger partial charge < -0.3 is 20.8 Å². The average molecular weight is 198 g/mol. The minimum atomic E-state index is -2.47. The second-order valence-corrected chi connectivity index (χ2v) is 3.10. The number of rotatable bonds is 3. The molecule has 0 spiro atoms. The lowest BCUT2D eigenvalue weighted by Gasteiger charge is -2.59. The van der Waals surface area contributed by atoms with E-state index in [4.69, 9.17) is 0 Å². The second kappa shape index (κ2) is 3.83. The van der Waals surface area contributed by atoms with E-state index in [1.807, 2.05) is 0 Å². The fraction of sp³-hybridized carbons (Fsp3) is 1.00. The van der Waals surface area contributed by atoms with Crippen LogP contribution in [0.4, 0.5) is 0 Å². The van der Waals surface area contributed by atoms with Gasteiger partial charge in [0.25, 0.3) is 0 Å².